The largest absolute Gasteiger partial charge is 0.463 e. The van der Waals surface area contributed by atoms with Gasteiger partial charge in [-0.2, -0.15) is 0 Å². The molecule has 31 heavy (non-hydrogen) atoms. The van der Waals surface area contributed by atoms with Crippen molar-refractivity contribution in [2.75, 3.05) is 6.61 Å². The molecule has 3 nitrogen and oxygen atoms in total. The summed E-state index contributed by atoms with van der Waals surface area (Å²) < 4.78 is 19.2. The van der Waals surface area contributed by atoms with Gasteiger partial charge in [0.05, 0.1) is 18.2 Å². The number of hydrogen-bond acceptors (Lipinski definition) is 3. The third-order valence-electron chi connectivity index (χ3n) is 8.12. The van der Waals surface area contributed by atoms with E-state index in [1.807, 2.05) is 6.92 Å². The van der Waals surface area contributed by atoms with E-state index in [1.54, 1.807) is 12.1 Å². The summed E-state index contributed by atoms with van der Waals surface area (Å²) in [4.78, 5) is 15.9. The molecule has 0 saturated heterocycles. The first kappa shape index (κ1) is 20.8. The van der Waals surface area contributed by atoms with Crippen LogP contribution in [0.2, 0.25) is 0 Å². The first-order chi connectivity index (χ1) is 14.9. The molecular weight excluding hydrogens is 389 g/mol. The topological polar surface area (TPSA) is 29.5 Å². The highest BCUT2D eigenvalue weighted by atomic mass is 19.1. The predicted octanol–water partition coefficient (Wildman–Crippen LogP) is 5.97. The van der Waals surface area contributed by atoms with Crippen molar-refractivity contribution in [3.05, 3.63) is 53.5 Å². The molecule has 6 rings (SSSR count). The highest BCUT2D eigenvalue weighted by Crippen LogP contribution is 2.59. The normalized spacial score (nSPS) is 34.0. The van der Waals surface area contributed by atoms with Crippen molar-refractivity contribution in [2.24, 2.45) is 23.7 Å². The summed E-state index contributed by atoms with van der Waals surface area (Å²) in [6, 6.07) is 6.45. The average molecular weight is 424 g/mol. The highest BCUT2D eigenvalue weighted by molar-refractivity contribution is 6.02. The molecule has 0 amide bonds. The van der Waals surface area contributed by atoms with Crippen molar-refractivity contribution < 1.29 is 13.9 Å². The molecular formula is C27H34FNO2. The third kappa shape index (κ3) is 3.52. The molecule has 5 aliphatic rings. The monoisotopic (exact) mass is 423 g/mol. The SMILES string of the molecule is CCOC(=O)C1=C(c2ccc(F)cc2)C=CN(C23CC4CC(CC(C4)C2)C3)C1C(C)C. The molecule has 4 aliphatic carbocycles. The van der Waals surface area contributed by atoms with Gasteiger partial charge in [-0.15, -0.1) is 0 Å². The number of ether oxygens (including phenoxy) is 1. The van der Waals surface area contributed by atoms with Gasteiger partial charge in [0.2, 0.25) is 0 Å². The van der Waals surface area contributed by atoms with E-state index in [1.165, 1.54) is 50.7 Å². The molecule has 1 aromatic rings. The maximum atomic E-state index is 13.6. The van der Waals surface area contributed by atoms with Crippen LogP contribution in [-0.2, 0) is 9.53 Å². The molecule has 0 spiro atoms. The lowest BCUT2D eigenvalue weighted by Crippen LogP contribution is -2.62. The first-order valence-corrected chi connectivity index (χ1v) is 12.0. The lowest BCUT2D eigenvalue weighted by atomic mass is 9.52. The molecule has 1 aromatic carbocycles. The van der Waals surface area contributed by atoms with Crippen molar-refractivity contribution in [3.8, 4) is 0 Å². The van der Waals surface area contributed by atoms with Gasteiger partial charge in [-0.05, 0) is 98.5 Å². The summed E-state index contributed by atoms with van der Waals surface area (Å²) in [6.45, 7) is 6.62. The molecule has 4 saturated carbocycles. The summed E-state index contributed by atoms with van der Waals surface area (Å²) in [5, 5.41) is 0. The number of esters is 1. The van der Waals surface area contributed by atoms with Gasteiger partial charge >= 0.3 is 5.97 Å². The number of carbonyl (C=O) groups is 1. The van der Waals surface area contributed by atoms with Gasteiger partial charge in [-0.1, -0.05) is 26.0 Å². The summed E-state index contributed by atoms with van der Waals surface area (Å²) in [7, 11) is 0. The zero-order chi connectivity index (χ0) is 21.8. The van der Waals surface area contributed by atoms with Crippen LogP contribution in [0.15, 0.2) is 42.1 Å². The van der Waals surface area contributed by atoms with E-state index in [0.29, 0.717) is 6.61 Å². The fourth-order valence-corrected chi connectivity index (χ4v) is 7.45. The average Bonchev–Trinajstić information content (AvgIpc) is 2.72. The number of halogens is 1. The van der Waals surface area contributed by atoms with Crippen LogP contribution in [0.25, 0.3) is 5.57 Å². The van der Waals surface area contributed by atoms with Crippen molar-refractivity contribution in [2.45, 2.75) is 70.9 Å². The van der Waals surface area contributed by atoms with Gasteiger partial charge in [-0.3, -0.25) is 0 Å². The van der Waals surface area contributed by atoms with E-state index in [0.717, 1.165) is 34.5 Å². The van der Waals surface area contributed by atoms with E-state index >= 15 is 0 Å². The van der Waals surface area contributed by atoms with E-state index < -0.39 is 0 Å². The van der Waals surface area contributed by atoms with Crippen LogP contribution in [0.1, 0.15) is 64.9 Å². The second-order valence-electron chi connectivity index (χ2n) is 10.6. The number of hydrogen-bond donors (Lipinski definition) is 0. The zero-order valence-electron chi connectivity index (χ0n) is 18.9. The Labute approximate surface area is 185 Å². The fourth-order valence-electron chi connectivity index (χ4n) is 7.45. The van der Waals surface area contributed by atoms with Gasteiger partial charge < -0.3 is 9.64 Å². The maximum Gasteiger partial charge on any atom is 0.336 e. The first-order valence-electron chi connectivity index (χ1n) is 12.0. The van der Waals surface area contributed by atoms with E-state index in [4.69, 9.17) is 4.74 Å². The smallest absolute Gasteiger partial charge is 0.336 e. The summed E-state index contributed by atoms with van der Waals surface area (Å²) >= 11 is 0. The molecule has 1 unspecified atom stereocenters. The number of carbonyl (C=O) groups excluding carboxylic acids is 1. The number of nitrogens with zero attached hydrogens (tertiary/aromatic N) is 1. The van der Waals surface area contributed by atoms with Crippen LogP contribution in [0.3, 0.4) is 0 Å². The standard InChI is InChI=1S/C27H34FNO2/c1-4-31-26(30)24-23(21-5-7-22(28)8-6-21)9-10-29(25(24)17(2)3)27-14-18-11-19(15-27)13-20(12-18)16-27/h5-10,17-20,25H,4,11-16H2,1-3H3. The van der Waals surface area contributed by atoms with Crippen LogP contribution in [0.4, 0.5) is 4.39 Å². The quantitative estimate of drug-likeness (QED) is 0.547. The molecule has 4 bridgehead atoms. The number of benzene rings is 1. The molecule has 4 heteroatoms. The Kier molecular flexibility index (Phi) is 5.22. The lowest BCUT2D eigenvalue weighted by molar-refractivity contribution is -0.140. The second kappa shape index (κ2) is 7.79. The summed E-state index contributed by atoms with van der Waals surface area (Å²) in [5.74, 6) is 2.26. The van der Waals surface area contributed by atoms with Crippen LogP contribution < -0.4 is 0 Å². The minimum absolute atomic E-state index is 0.0275. The Bertz CT molecular complexity index is 878. The molecule has 166 valence electrons. The Balaban J connectivity index is 1.60. The second-order valence-corrected chi connectivity index (χ2v) is 10.6. The Morgan fingerprint density at radius 3 is 2.19 bits per heavy atom. The van der Waals surface area contributed by atoms with E-state index in [2.05, 4.69) is 31.0 Å². The van der Waals surface area contributed by atoms with Crippen molar-refractivity contribution >= 4 is 11.5 Å². The molecule has 0 radical (unpaired) electrons. The predicted molar refractivity (Wildman–Crippen MR) is 120 cm³/mol. The molecule has 0 aromatic heterocycles. The maximum absolute atomic E-state index is 13.6. The Morgan fingerprint density at radius 2 is 1.68 bits per heavy atom. The van der Waals surface area contributed by atoms with Crippen LogP contribution in [0, 0.1) is 29.5 Å². The van der Waals surface area contributed by atoms with Crippen LogP contribution in [0.5, 0.6) is 0 Å². The highest BCUT2D eigenvalue weighted by Gasteiger charge is 2.55. The van der Waals surface area contributed by atoms with Gasteiger partial charge in [-0.25, -0.2) is 9.18 Å². The van der Waals surface area contributed by atoms with Crippen molar-refractivity contribution in [3.63, 3.8) is 0 Å². The van der Waals surface area contributed by atoms with Crippen molar-refractivity contribution in [1.82, 2.24) is 4.90 Å². The zero-order valence-corrected chi connectivity index (χ0v) is 18.9. The van der Waals surface area contributed by atoms with E-state index in [9.17, 15) is 9.18 Å². The Hall–Kier alpha value is -2.10. The van der Waals surface area contributed by atoms with Crippen LogP contribution in [-0.4, -0.2) is 29.1 Å². The van der Waals surface area contributed by atoms with Gasteiger partial charge in [0.1, 0.15) is 5.82 Å². The molecule has 1 atom stereocenters. The summed E-state index contributed by atoms with van der Waals surface area (Å²) in [6.07, 6.45) is 12.2. The lowest BCUT2D eigenvalue weighted by Gasteiger charge is -2.63. The minimum atomic E-state index is -0.266. The van der Waals surface area contributed by atoms with Gasteiger partial charge in [0, 0.05) is 11.7 Å². The minimum Gasteiger partial charge on any atom is -0.463 e. The third-order valence-corrected chi connectivity index (χ3v) is 8.12. The molecule has 1 heterocycles. The van der Waals surface area contributed by atoms with E-state index in [-0.39, 0.29) is 29.3 Å². The molecule has 0 N–H and O–H groups in total. The number of allylic oxidation sites excluding steroid dienone is 2. The van der Waals surface area contributed by atoms with Gasteiger partial charge in [0.15, 0.2) is 0 Å². The molecule has 1 aliphatic heterocycles. The molecule has 4 fully saturated rings. The fraction of sp³-hybridized carbons (Fsp3) is 0.593. The van der Waals surface area contributed by atoms with Crippen molar-refractivity contribution in [1.29, 1.82) is 0 Å². The number of rotatable bonds is 5. The Morgan fingerprint density at radius 1 is 1.10 bits per heavy atom. The van der Waals surface area contributed by atoms with Crippen LogP contribution >= 0.6 is 0 Å². The van der Waals surface area contributed by atoms with Gasteiger partial charge in [0.25, 0.3) is 0 Å². The summed E-state index contributed by atoms with van der Waals surface area (Å²) in [5.41, 5.74) is 2.64.